The summed E-state index contributed by atoms with van der Waals surface area (Å²) in [5, 5.41) is 0. The normalized spacial score (nSPS) is 11.4. The Kier molecular flexibility index (Phi) is 41.9. The van der Waals surface area contributed by atoms with Gasteiger partial charge in [-0.1, -0.05) is 143 Å². The smallest absolute Gasteiger partial charge is 0.305 e. The third-order valence-corrected chi connectivity index (χ3v) is 11.1. The second kappa shape index (κ2) is 43.3. The molecule has 0 aliphatic carbocycles. The second-order valence-corrected chi connectivity index (χ2v) is 17.1. The molecule has 0 radical (unpaired) electrons. The lowest BCUT2D eigenvalue weighted by atomic mass is 10.0. The Balaban J connectivity index is 4.95. The molecule has 0 heterocycles. The van der Waals surface area contributed by atoms with E-state index in [1.165, 1.54) is 51.4 Å². The first-order valence-electron chi connectivity index (χ1n) is 24.2. The molecule has 0 spiro atoms. The lowest BCUT2D eigenvalue weighted by Gasteiger charge is -2.23. The first-order chi connectivity index (χ1) is 28.3. The highest BCUT2D eigenvalue weighted by Crippen LogP contribution is 2.17. The highest BCUT2D eigenvalue weighted by Gasteiger charge is 2.18. The van der Waals surface area contributed by atoms with Crippen molar-refractivity contribution in [3.05, 3.63) is 0 Å². The van der Waals surface area contributed by atoms with Crippen molar-refractivity contribution >= 4 is 36.5 Å². The number of esters is 4. The third-order valence-electron chi connectivity index (χ3n) is 10.9. The highest BCUT2D eigenvalue weighted by atomic mass is 32.1. The van der Waals surface area contributed by atoms with Crippen molar-refractivity contribution in [2.45, 2.75) is 220 Å². The van der Waals surface area contributed by atoms with Crippen LogP contribution in [0.15, 0.2) is 0 Å². The van der Waals surface area contributed by atoms with Crippen LogP contribution in [0, 0.1) is 11.8 Å². The van der Waals surface area contributed by atoms with Crippen molar-refractivity contribution in [1.29, 1.82) is 0 Å². The van der Waals surface area contributed by atoms with Crippen LogP contribution in [0.2, 0.25) is 0 Å². The number of carbonyl (C=O) groups excluding carboxylic acids is 4. The zero-order valence-corrected chi connectivity index (χ0v) is 39.1. The van der Waals surface area contributed by atoms with Crippen LogP contribution in [-0.2, 0) is 38.1 Å². The van der Waals surface area contributed by atoms with E-state index in [0.29, 0.717) is 52.1 Å². The van der Waals surface area contributed by atoms with Crippen molar-refractivity contribution in [2.24, 2.45) is 11.8 Å². The molecule has 0 aliphatic heterocycles. The van der Waals surface area contributed by atoms with Crippen LogP contribution >= 0.6 is 12.6 Å². The molecule has 0 aromatic rings. The van der Waals surface area contributed by atoms with Gasteiger partial charge in [-0.2, -0.15) is 12.6 Å². The van der Waals surface area contributed by atoms with Crippen LogP contribution < -0.4 is 0 Å². The average molecular weight is 842 g/mol. The van der Waals surface area contributed by atoms with Gasteiger partial charge in [0.2, 0.25) is 0 Å². The fourth-order valence-corrected chi connectivity index (χ4v) is 7.35. The lowest BCUT2D eigenvalue weighted by Crippen LogP contribution is -2.29. The SMILES string of the molecule is CCCCCCCC(=O)OCC(CCCCN(CCS)CCCCC(COC(=O)CCCCCCC)COC(=O)CCCCCCC)COC(=O)CCCCCCC. The van der Waals surface area contributed by atoms with Crippen LogP contribution in [0.5, 0.6) is 0 Å². The Labute approximate surface area is 362 Å². The second-order valence-electron chi connectivity index (χ2n) is 16.7. The van der Waals surface area contributed by atoms with E-state index >= 15 is 0 Å². The van der Waals surface area contributed by atoms with Gasteiger partial charge in [-0.15, -0.1) is 0 Å². The Morgan fingerprint density at radius 3 is 0.914 bits per heavy atom. The number of ether oxygens (including phenoxy) is 4. The molecular weight excluding hydrogens is 751 g/mol. The Hall–Kier alpha value is -1.81. The van der Waals surface area contributed by atoms with Gasteiger partial charge >= 0.3 is 23.9 Å². The maximum Gasteiger partial charge on any atom is 0.305 e. The maximum atomic E-state index is 12.5. The average Bonchev–Trinajstić information content (AvgIpc) is 3.21. The molecule has 0 aliphatic rings. The summed E-state index contributed by atoms with van der Waals surface area (Å²) < 4.78 is 22.7. The molecular formula is C48H91NO8S. The minimum absolute atomic E-state index is 0.00587. The van der Waals surface area contributed by atoms with E-state index in [4.69, 9.17) is 18.9 Å². The van der Waals surface area contributed by atoms with Gasteiger partial charge in [-0.05, 0) is 64.5 Å². The maximum absolute atomic E-state index is 12.5. The predicted octanol–water partition coefficient (Wildman–Crippen LogP) is 12.4. The molecule has 10 heteroatoms. The van der Waals surface area contributed by atoms with Gasteiger partial charge in [0.05, 0.1) is 26.4 Å². The van der Waals surface area contributed by atoms with Crippen LogP contribution in [0.25, 0.3) is 0 Å². The molecule has 0 saturated carbocycles. The zero-order valence-electron chi connectivity index (χ0n) is 38.2. The van der Waals surface area contributed by atoms with Crippen molar-refractivity contribution in [3.8, 4) is 0 Å². The molecule has 0 rings (SSSR count). The van der Waals surface area contributed by atoms with Gasteiger partial charge in [-0.25, -0.2) is 0 Å². The Morgan fingerprint density at radius 2 is 0.655 bits per heavy atom. The minimum atomic E-state index is -0.155. The van der Waals surface area contributed by atoms with Crippen LogP contribution in [0.1, 0.15) is 220 Å². The van der Waals surface area contributed by atoms with Crippen molar-refractivity contribution in [3.63, 3.8) is 0 Å². The van der Waals surface area contributed by atoms with E-state index in [0.717, 1.165) is 141 Å². The highest BCUT2D eigenvalue weighted by molar-refractivity contribution is 7.80. The van der Waals surface area contributed by atoms with Gasteiger partial charge in [0.1, 0.15) is 0 Å². The Bertz CT molecular complexity index is 834. The van der Waals surface area contributed by atoms with Crippen LogP contribution in [-0.4, -0.2) is 80.6 Å². The number of hydrogen-bond acceptors (Lipinski definition) is 10. The van der Waals surface area contributed by atoms with E-state index in [-0.39, 0.29) is 35.7 Å². The molecule has 0 N–H and O–H groups in total. The molecule has 0 atom stereocenters. The Morgan fingerprint density at radius 1 is 0.379 bits per heavy atom. The van der Waals surface area contributed by atoms with E-state index in [1.54, 1.807) is 0 Å². The van der Waals surface area contributed by atoms with E-state index in [2.05, 4.69) is 45.2 Å². The van der Waals surface area contributed by atoms with Gasteiger partial charge in [0.25, 0.3) is 0 Å². The summed E-state index contributed by atoms with van der Waals surface area (Å²) in [6, 6.07) is 0. The summed E-state index contributed by atoms with van der Waals surface area (Å²) in [5.74, 6) is 0.144. The first kappa shape index (κ1) is 56.2. The van der Waals surface area contributed by atoms with Crippen LogP contribution in [0.4, 0.5) is 0 Å². The molecule has 0 saturated heterocycles. The van der Waals surface area contributed by atoms with Gasteiger partial charge in [0, 0.05) is 49.8 Å². The monoisotopic (exact) mass is 842 g/mol. The van der Waals surface area contributed by atoms with Crippen molar-refractivity contribution < 1.29 is 38.1 Å². The zero-order chi connectivity index (χ0) is 42.7. The molecule has 342 valence electrons. The summed E-state index contributed by atoms with van der Waals surface area (Å²) in [6.07, 6.45) is 29.1. The predicted molar refractivity (Wildman–Crippen MR) is 242 cm³/mol. The number of thiol groups is 1. The molecule has 0 bridgehead atoms. The van der Waals surface area contributed by atoms with Gasteiger partial charge in [-0.3, -0.25) is 19.2 Å². The van der Waals surface area contributed by atoms with Crippen molar-refractivity contribution in [1.82, 2.24) is 4.90 Å². The van der Waals surface area contributed by atoms with Crippen molar-refractivity contribution in [2.75, 3.05) is 51.8 Å². The van der Waals surface area contributed by atoms with E-state index in [9.17, 15) is 19.2 Å². The van der Waals surface area contributed by atoms with E-state index < -0.39 is 0 Å². The van der Waals surface area contributed by atoms with Crippen LogP contribution in [0.3, 0.4) is 0 Å². The number of nitrogens with zero attached hydrogens (tertiary/aromatic N) is 1. The minimum Gasteiger partial charge on any atom is -0.465 e. The third kappa shape index (κ3) is 38.4. The first-order valence-corrected chi connectivity index (χ1v) is 24.9. The summed E-state index contributed by atoms with van der Waals surface area (Å²) in [7, 11) is 0. The summed E-state index contributed by atoms with van der Waals surface area (Å²) in [5.41, 5.74) is 0. The molecule has 58 heavy (non-hydrogen) atoms. The summed E-state index contributed by atoms with van der Waals surface area (Å²) in [6.45, 7) is 12.7. The number of unbranched alkanes of at least 4 members (excludes halogenated alkanes) is 18. The lowest BCUT2D eigenvalue weighted by molar-refractivity contribution is -0.151. The molecule has 0 unspecified atom stereocenters. The largest absolute Gasteiger partial charge is 0.465 e. The quantitative estimate of drug-likeness (QED) is 0.0278. The molecule has 0 aromatic heterocycles. The summed E-state index contributed by atoms with van der Waals surface area (Å²) in [4.78, 5) is 52.4. The topological polar surface area (TPSA) is 108 Å². The van der Waals surface area contributed by atoms with E-state index in [1.807, 2.05) is 0 Å². The fraction of sp³-hybridized carbons (Fsp3) is 0.917. The molecule has 0 amide bonds. The van der Waals surface area contributed by atoms with Gasteiger partial charge < -0.3 is 23.8 Å². The van der Waals surface area contributed by atoms with Gasteiger partial charge in [0.15, 0.2) is 0 Å². The number of carbonyl (C=O) groups is 4. The summed E-state index contributed by atoms with van der Waals surface area (Å²) >= 11 is 4.53. The molecule has 0 fully saturated rings. The molecule has 9 nitrogen and oxygen atoms in total. The molecule has 0 aromatic carbocycles. The fourth-order valence-electron chi connectivity index (χ4n) is 7.07. The number of hydrogen-bond donors (Lipinski definition) is 1. The standard InChI is InChI=1S/C48H91NO8S/c1-5-9-13-17-21-31-45(50)54-39-43(40-55-46(51)32-22-18-14-10-6-2)29-25-27-35-49(37-38-58)36-28-26-30-44(41-56-47(52)33-23-19-15-11-7-3)42-57-48(53)34-24-20-16-12-8-4/h43-44,58H,5-42H2,1-4H3. The number of rotatable bonds is 44.